The maximum Gasteiger partial charge on any atom is 0.232 e. The van der Waals surface area contributed by atoms with E-state index in [2.05, 4.69) is 52.2 Å². The van der Waals surface area contributed by atoms with Crippen LogP contribution in [-0.4, -0.2) is 40.5 Å². The summed E-state index contributed by atoms with van der Waals surface area (Å²) in [5.74, 6) is 0.519. The molecular formula is C20H24BrN3O2S2. The van der Waals surface area contributed by atoms with Gasteiger partial charge in [-0.05, 0) is 56.9 Å². The lowest BCUT2D eigenvalue weighted by Crippen LogP contribution is -2.42. The van der Waals surface area contributed by atoms with E-state index in [1.807, 2.05) is 17.2 Å². The van der Waals surface area contributed by atoms with Crippen molar-refractivity contribution in [3.8, 4) is 0 Å². The quantitative estimate of drug-likeness (QED) is 0.622. The standard InChI is InChI=1S/C20H24BrN3O2S2/c1-12-9-17(13(2)8-16(12)21)27-11-18(25)24-6-4-15(5-7-24)19(26)23-20-22-14(3)10-28-20/h8-10,15H,4-7,11H2,1-3H3,(H,22,23,26). The first kappa shape index (κ1) is 21.3. The summed E-state index contributed by atoms with van der Waals surface area (Å²) >= 11 is 6.57. The highest BCUT2D eigenvalue weighted by Crippen LogP contribution is 2.29. The molecule has 5 nitrogen and oxygen atoms in total. The normalized spacial score (nSPS) is 14.9. The summed E-state index contributed by atoms with van der Waals surface area (Å²) in [5.41, 5.74) is 3.25. The fourth-order valence-corrected chi connectivity index (χ4v) is 5.31. The van der Waals surface area contributed by atoms with Crippen LogP contribution in [0.25, 0.3) is 0 Å². The summed E-state index contributed by atoms with van der Waals surface area (Å²) in [6.45, 7) is 7.29. The number of halogens is 1. The van der Waals surface area contributed by atoms with Gasteiger partial charge in [0.2, 0.25) is 11.8 Å². The van der Waals surface area contributed by atoms with Crippen LogP contribution in [0.1, 0.15) is 29.7 Å². The number of benzene rings is 1. The van der Waals surface area contributed by atoms with E-state index in [0.717, 1.165) is 15.1 Å². The number of likely N-dealkylation sites (tertiary alicyclic amines) is 1. The third kappa shape index (κ3) is 5.36. The Kier molecular flexibility index (Phi) is 7.17. The molecular weight excluding hydrogens is 458 g/mol. The number of nitrogens with one attached hydrogen (secondary N) is 1. The lowest BCUT2D eigenvalue weighted by molar-refractivity contribution is -0.132. The molecule has 1 aliphatic heterocycles. The lowest BCUT2D eigenvalue weighted by Gasteiger charge is -2.31. The number of aryl methyl sites for hydroxylation is 3. The molecule has 0 aliphatic carbocycles. The Balaban J connectivity index is 1.47. The van der Waals surface area contributed by atoms with Crippen molar-refractivity contribution < 1.29 is 9.59 Å². The Bertz CT molecular complexity index is 876. The van der Waals surface area contributed by atoms with Gasteiger partial charge in [0.1, 0.15) is 0 Å². The van der Waals surface area contributed by atoms with Gasteiger partial charge in [-0.25, -0.2) is 4.98 Å². The SMILES string of the molecule is Cc1csc(NC(=O)C2CCN(C(=O)CSc3cc(C)c(Br)cc3C)CC2)n1. The molecule has 0 saturated carbocycles. The zero-order valence-corrected chi connectivity index (χ0v) is 19.5. The number of carbonyl (C=O) groups is 2. The van der Waals surface area contributed by atoms with Crippen LogP contribution >= 0.6 is 39.0 Å². The van der Waals surface area contributed by atoms with Gasteiger partial charge >= 0.3 is 0 Å². The zero-order valence-electron chi connectivity index (χ0n) is 16.3. The van der Waals surface area contributed by atoms with Crippen molar-refractivity contribution in [2.75, 3.05) is 24.2 Å². The second-order valence-electron chi connectivity index (χ2n) is 7.09. The molecule has 0 spiro atoms. The van der Waals surface area contributed by atoms with E-state index in [-0.39, 0.29) is 17.7 Å². The number of carbonyl (C=O) groups excluding carboxylic acids is 2. The van der Waals surface area contributed by atoms with E-state index >= 15 is 0 Å². The number of thioether (sulfide) groups is 1. The fourth-order valence-electron chi connectivity index (χ4n) is 3.15. The molecule has 8 heteroatoms. The monoisotopic (exact) mass is 481 g/mol. The van der Waals surface area contributed by atoms with Gasteiger partial charge in [-0.1, -0.05) is 15.9 Å². The largest absolute Gasteiger partial charge is 0.342 e. The summed E-state index contributed by atoms with van der Waals surface area (Å²) < 4.78 is 1.09. The van der Waals surface area contributed by atoms with Crippen molar-refractivity contribution in [1.82, 2.24) is 9.88 Å². The van der Waals surface area contributed by atoms with E-state index in [0.29, 0.717) is 36.8 Å². The summed E-state index contributed by atoms with van der Waals surface area (Å²) in [6, 6.07) is 4.21. The van der Waals surface area contributed by atoms with Gasteiger partial charge in [0.15, 0.2) is 5.13 Å². The van der Waals surface area contributed by atoms with Crippen molar-refractivity contribution in [1.29, 1.82) is 0 Å². The maximum absolute atomic E-state index is 12.6. The average molecular weight is 482 g/mol. The van der Waals surface area contributed by atoms with E-state index in [9.17, 15) is 9.59 Å². The van der Waals surface area contributed by atoms with Gasteiger partial charge < -0.3 is 10.2 Å². The summed E-state index contributed by atoms with van der Waals surface area (Å²) in [6.07, 6.45) is 1.39. The van der Waals surface area contributed by atoms with Crippen LogP contribution < -0.4 is 5.32 Å². The fraction of sp³-hybridized carbons (Fsp3) is 0.450. The highest BCUT2D eigenvalue weighted by molar-refractivity contribution is 9.10. The first-order chi connectivity index (χ1) is 13.3. The summed E-state index contributed by atoms with van der Waals surface area (Å²) in [4.78, 5) is 32.3. The number of hydrogen-bond donors (Lipinski definition) is 1. The highest BCUT2D eigenvalue weighted by atomic mass is 79.9. The molecule has 2 amide bonds. The Morgan fingerprint density at radius 1 is 1.25 bits per heavy atom. The zero-order chi connectivity index (χ0) is 20.3. The number of nitrogens with zero attached hydrogens (tertiary/aromatic N) is 2. The van der Waals surface area contributed by atoms with Crippen molar-refractivity contribution >= 4 is 56.0 Å². The molecule has 3 rings (SSSR count). The smallest absolute Gasteiger partial charge is 0.232 e. The molecule has 1 fully saturated rings. The second-order valence-corrected chi connectivity index (χ2v) is 9.82. The van der Waals surface area contributed by atoms with Crippen LogP contribution in [0.5, 0.6) is 0 Å². The number of piperidine rings is 1. The molecule has 1 aromatic heterocycles. The van der Waals surface area contributed by atoms with Crippen LogP contribution in [0, 0.1) is 26.7 Å². The van der Waals surface area contributed by atoms with E-state index in [1.54, 1.807) is 11.8 Å². The molecule has 1 N–H and O–H groups in total. The number of anilines is 1. The molecule has 150 valence electrons. The van der Waals surface area contributed by atoms with Gasteiger partial charge in [0, 0.05) is 33.8 Å². The Labute approximate surface area is 182 Å². The molecule has 0 unspecified atom stereocenters. The number of hydrogen-bond acceptors (Lipinski definition) is 5. The summed E-state index contributed by atoms with van der Waals surface area (Å²) in [5, 5.41) is 5.47. The van der Waals surface area contributed by atoms with Gasteiger partial charge in [0.05, 0.1) is 11.4 Å². The van der Waals surface area contributed by atoms with Crippen LogP contribution in [-0.2, 0) is 9.59 Å². The van der Waals surface area contributed by atoms with E-state index in [4.69, 9.17) is 0 Å². The van der Waals surface area contributed by atoms with Crippen molar-refractivity contribution in [2.24, 2.45) is 5.92 Å². The van der Waals surface area contributed by atoms with Gasteiger partial charge in [0.25, 0.3) is 0 Å². The van der Waals surface area contributed by atoms with Crippen molar-refractivity contribution in [3.63, 3.8) is 0 Å². The topological polar surface area (TPSA) is 62.3 Å². The highest BCUT2D eigenvalue weighted by Gasteiger charge is 2.27. The third-order valence-corrected chi connectivity index (χ3v) is 7.75. The number of amides is 2. The lowest BCUT2D eigenvalue weighted by atomic mass is 9.96. The number of rotatable bonds is 5. The predicted octanol–water partition coefficient (Wildman–Crippen LogP) is 4.80. The molecule has 0 radical (unpaired) electrons. The Hall–Kier alpha value is -1.38. The van der Waals surface area contributed by atoms with Gasteiger partial charge in [-0.3, -0.25) is 9.59 Å². The van der Waals surface area contributed by atoms with Crippen LogP contribution in [0.15, 0.2) is 26.9 Å². The first-order valence-electron chi connectivity index (χ1n) is 9.24. The van der Waals surface area contributed by atoms with Crippen LogP contribution in [0.2, 0.25) is 0 Å². The molecule has 2 heterocycles. The summed E-state index contributed by atoms with van der Waals surface area (Å²) in [7, 11) is 0. The molecule has 1 saturated heterocycles. The van der Waals surface area contributed by atoms with Crippen LogP contribution in [0.3, 0.4) is 0 Å². The minimum absolute atomic E-state index is 0.0109. The molecule has 28 heavy (non-hydrogen) atoms. The van der Waals surface area contributed by atoms with Gasteiger partial charge in [-0.15, -0.1) is 23.1 Å². The Morgan fingerprint density at radius 2 is 1.96 bits per heavy atom. The maximum atomic E-state index is 12.6. The second kappa shape index (κ2) is 9.41. The molecule has 1 aromatic carbocycles. The third-order valence-electron chi connectivity index (χ3n) is 4.87. The minimum atomic E-state index is -0.0581. The van der Waals surface area contributed by atoms with Crippen molar-refractivity contribution in [3.05, 3.63) is 38.8 Å². The number of thiazole rings is 1. The van der Waals surface area contributed by atoms with Crippen LogP contribution in [0.4, 0.5) is 5.13 Å². The first-order valence-corrected chi connectivity index (χ1v) is 11.9. The van der Waals surface area contributed by atoms with Gasteiger partial charge in [-0.2, -0.15) is 0 Å². The predicted molar refractivity (Wildman–Crippen MR) is 119 cm³/mol. The van der Waals surface area contributed by atoms with E-state index < -0.39 is 0 Å². The molecule has 2 aromatic rings. The number of aromatic nitrogens is 1. The average Bonchev–Trinajstić information content (AvgIpc) is 3.08. The minimum Gasteiger partial charge on any atom is -0.342 e. The van der Waals surface area contributed by atoms with Crippen molar-refractivity contribution in [2.45, 2.75) is 38.5 Å². The molecule has 1 aliphatic rings. The Morgan fingerprint density at radius 3 is 2.61 bits per heavy atom. The van der Waals surface area contributed by atoms with E-state index in [1.165, 1.54) is 22.5 Å². The molecule has 0 atom stereocenters. The molecule has 0 bridgehead atoms.